The second-order valence-electron chi connectivity index (χ2n) is 6.75. The first-order chi connectivity index (χ1) is 12.2. The average Bonchev–Trinajstić information content (AvgIpc) is 3.28. The maximum atomic E-state index is 12.7. The van der Waals surface area contributed by atoms with Crippen LogP contribution in [0, 0.1) is 0 Å². The van der Waals surface area contributed by atoms with Crippen molar-refractivity contribution in [3.63, 3.8) is 0 Å². The van der Waals surface area contributed by atoms with Crippen molar-refractivity contribution in [2.24, 2.45) is 0 Å². The zero-order valence-electron chi connectivity index (χ0n) is 14.1. The number of hydrogen-bond acceptors (Lipinski definition) is 1. The van der Waals surface area contributed by atoms with E-state index in [9.17, 15) is 4.79 Å². The molecule has 0 spiro atoms. The number of aromatic nitrogens is 2. The third-order valence-electron chi connectivity index (χ3n) is 5.12. The highest BCUT2D eigenvalue weighted by Crippen LogP contribution is 2.34. The zero-order valence-corrected chi connectivity index (χ0v) is 14.8. The molecule has 4 rings (SSSR count). The van der Waals surface area contributed by atoms with Crippen molar-refractivity contribution in [3.05, 3.63) is 87.6 Å². The van der Waals surface area contributed by atoms with Crippen LogP contribution in [-0.4, -0.2) is 9.13 Å². The predicted octanol–water partition coefficient (Wildman–Crippen LogP) is 5.00. The maximum Gasteiger partial charge on any atom is 0.333 e. The maximum absolute atomic E-state index is 12.7. The van der Waals surface area contributed by atoms with Crippen molar-refractivity contribution in [1.29, 1.82) is 0 Å². The minimum absolute atomic E-state index is 0.0760. The molecule has 3 aromatic rings. The Labute approximate surface area is 152 Å². The van der Waals surface area contributed by atoms with Crippen molar-refractivity contribution in [2.45, 2.75) is 38.1 Å². The van der Waals surface area contributed by atoms with Gasteiger partial charge in [0.2, 0.25) is 0 Å². The van der Waals surface area contributed by atoms with E-state index in [2.05, 4.69) is 24.3 Å². The van der Waals surface area contributed by atoms with E-state index >= 15 is 0 Å². The summed E-state index contributed by atoms with van der Waals surface area (Å²) < 4.78 is 3.31. The SMILES string of the molecule is O=c1n(Cc2ccc(C3CCCC3)cc2)ccn1-c1ccccc1Cl. The van der Waals surface area contributed by atoms with Gasteiger partial charge in [-0.2, -0.15) is 0 Å². The molecule has 1 saturated carbocycles. The molecule has 0 N–H and O–H groups in total. The average molecular weight is 353 g/mol. The molecule has 4 heteroatoms. The van der Waals surface area contributed by atoms with Crippen molar-refractivity contribution in [3.8, 4) is 5.69 Å². The van der Waals surface area contributed by atoms with E-state index in [1.165, 1.54) is 31.2 Å². The number of hydrogen-bond donors (Lipinski definition) is 0. The second kappa shape index (κ2) is 6.93. The fraction of sp³-hybridized carbons (Fsp3) is 0.286. The monoisotopic (exact) mass is 352 g/mol. The molecule has 0 bridgehead atoms. The van der Waals surface area contributed by atoms with Gasteiger partial charge in [0.15, 0.2) is 0 Å². The normalized spacial score (nSPS) is 14.9. The highest BCUT2D eigenvalue weighted by Gasteiger charge is 2.16. The molecule has 0 atom stereocenters. The van der Waals surface area contributed by atoms with Gasteiger partial charge in [-0.25, -0.2) is 4.79 Å². The first-order valence-electron chi connectivity index (χ1n) is 8.84. The van der Waals surface area contributed by atoms with Gasteiger partial charge >= 0.3 is 5.69 Å². The molecule has 128 valence electrons. The number of rotatable bonds is 4. The molecule has 1 heterocycles. The molecule has 0 saturated heterocycles. The summed E-state index contributed by atoms with van der Waals surface area (Å²) in [5.74, 6) is 0.720. The molecule has 3 nitrogen and oxygen atoms in total. The topological polar surface area (TPSA) is 26.9 Å². The Balaban J connectivity index is 1.55. The first kappa shape index (κ1) is 16.2. The first-order valence-corrected chi connectivity index (χ1v) is 9.22. The van der Waals surface area contributed by atoms with Crippen LogP contribution in [0.25, 0.3) is 5.69 Å². The molecular weight excluding hydrogens is 332 g/mol. The quantitative estimate of drug-likeness (QED) is 0.649. The molecule has 0 aliphatic heterocycles. The third kappa shape index (κ3) is 3.29. The van der Waals surface area contributed by atoms with Crippen LogP contribution in [0.3, 0.4) is 0 Å². The Morgan fingerprint density at radius 3 is 2.40 bits per heavy atom. The lowest BCUT2D eigenvalue weighted by Crippen LogP contribution is -2.23. The van der Waals surface area contributed by atoms with E-state index in [4.69, 9.17) is 11.6 Å². The van der Waals surface area contributed by atoms with Crippen LogP contribution in [0.5, 0.6) is 0 Å². The van der Waals surface area contributed by atoms with E-state index < -0.39 is 0 Å². The van der Waals surface area contributed by atoms with E-state index in [1.54, 1.807) is 21.4 Å². The fourth-order valence-electron chi connectivity index (χ4n) is 3.71. The molecule has 0 amide bonds. The second-order valence-corrected chi connectivity index (χ2v) is 7.16. The molecule has 0 radical (unpaired) electrons. The summed E-state index contributed by atoms with van der Waals surface area (Å²) in [7, 11) is 0. The van der Waals surface area contributed by atoms with Gasteiger partial charge in [0.25, 0.3) is 0 Å². The number of halogens is 1. The van der Waals surface area contributed by atoms with Gasteiger partial charge in [-0.15, -0.1) is 0 Å². The van der Waals surface area contributed by atoms with E-state index in [0.29, 0.717) is 17.3 Å². The van der Waals surface area contributed by atoms with Crippen LogP contribution < -0.4 is 5.69 Å². The van der Waals surface area contributed by atoms with Crippen LogP contribution in [0.4, 0.5) is 0 Å². The Hall–Kier alpha value is -2.26. The van der Waals surface area contributed by atoms with Gasteiger partial charge in [0.05, 0.1) is 17.3 Å². The van der Waals surface area contributed by atoms with Gasteiger partial charge in [0, 0.05) is 12.4 Å². The molecule has 2 aromatic carbocycles. The molecule has 1 aliphatic carbocycles. The van der Waals surface area contributed by atoms with Gasteiger partial charge in [0.1, 0.15) is 0 Å². The number of nitrogens with zero attached hydrogens (tertiary/aromatic N) is 2. The Morgan fingerprint density at radius 1 is 0.960 bits per heavy atom. The van der Waals surface area contributed by atoms with E-state index in [-0.39, 0.29) is 5.69 Å². The van der Waals surface area contributed by atoms with E-state index in [0.717, 1.165) is 11.5 Å². The Kier molecular flexibility index (Phi) is 4.50. The van der Waals surface area contributed by atoms with Gasteiger partial charge in [-0.3, -0.25) is 9.13 Å². The Morgan fingerprint density at radius 2 is 1.68 bits per heavy atom. The van der Waals surface area contributed by atoms with Crippen LogP contribution in [-0.2, 0) is 6.54 Å². The summed E-state index contributed by atoms with van der Waals surface area (Å²) in [5, 5.41) is 0.572. The third-order valence-corrected chi connectivity index (χ3v) is 5.44. The summed E-state index contributed by atoms with van der Waals surface area (Å²) in [6.07, 6.45) is 8.89. The summed E-state index contributed by atoms with van der Waals surface area (Å²) in [6.45, 7) is 0.571. The van der Waals surface area contributed by atoms with Gasteiger partial charge < -0.3 is 0 Å². The van der Waals surface area contributed by atoms with Gasteiger partial charge in [-0.05, 0) is 42.0 Å². The lowest BCUT2D eigenvalue weighted by Gasteiger charge is -2.10. The number of para-hydroxylation sites is 1. The lowest BCUT2D eigenvalue weighted by molar-refractivity contribution is 0.718. The standard InChI is InChI=1S/C21H21ClN2O/c22-19-7-3-4-8-20(19)24-14-13-23(21(24)25)15-16-9-11-18(12-10-16)17-5-1-2-6-17/h3-4,7-14,17H,1-2,5-6,15H2. The summed E-state index contributed by atoms with van der Waals surface area (Å²) >= 11 is 6.21. The minimum Gasteiger partial charge on any atom is -0.294 e. The van der Waals surface area contributed by atoms with Crippen LogP contribution in [0.1, 0.15) is 42.7 Å². The van der Waals surface area contributed by atoms with Crippen LogP contribution in [0.2, 0.25) is 5.02 Å². The zero-order chi connectivity index (χ0) is 17.2. The molecular formula is C21H21ClN2O. The Bertz CT molecular complexity index is 918. The van der Waals surface area contributed by atoms with Crippen LogP contribution in [0.15, 0.2) is 65.7 Å². The molecule has 1 fully saturated rings. The van der Waals surface area contributed by atoms with Gasteiger partial charge in [-0.1, -0.05) is 60.8 Å². The molecule has 0 unspecified atom stereocenters. The number of benzene rings is 2. The summed E-state index contributed by atoms with van der Waals surface area (Å²) in [6, 6.07) is 16.1. The highest BCUT2D eigenvalue weighted by molar-refractivity contribution is 6.32. The van der Waals surface area contributed by atoms with E-state index in [1.807, 2.05) is 24.4 Å². The summed E-state index contributed by atoms with van der Waals surface area (Å²) in [4.78, 5) is 12.7. The van der Waals surface area contributed by atoms with Crippen molar-refractivity contribution in [2.75, 3.05) is 0 Å². The number of imidazole rings is 1. The molecule has 25 heavy (non-hydrogen) atoms. The summed E-state index contributed by atoms with van der Waals surface area (Å²) in [5.41, 5.74) is 3.21. The van der Waals surface area contributed by atoms with Crippen molar-refractivity contribution < 1.29 is 0 Å². The molecule has 1 aromatic heterocycles. The van der Waals surface area contributed by atoms with Crippen molar-refractivity contribution >= 4 is 11.6 Å². The fourth-order valence-corrected chi connectivity index (χ4v) is 3.94. The van der Waals surface area contributed by atoms with Crippen LogP contribution >= 0.6 is 11.6 Å². The van der Waals surface area contributed by atoms with Crippen molar-refractivity contribution in [1.82, 2.24) is 9.13 Å². The smallest absolute Gasteiger partial charge is 0.294 e. The minimum atomic E-state index is -0.0760. The molecule has 1 aliphatic rings. The lowest BCUT2D eigenvalue weighted by atomic mass is 9.97. The largest absolute Gasteiger partial charge is 0.333 e. The highest BCUT2D eigenvalue weighted by atomic mass is 35.5. The predicted molar refractivity (Wildman–Crippen MR) is 102 cm³/mol.